The molecule has 0 radical (unpaired) electrons. The van der Waals surface area contributed by atoms with E-state index in [-0.39, 0.29) is 12.4 Å². The summed E-state index contributed by atoms with van der Waals surface area (Å²) >= 11 is 3.41. The van der Waals surface area contributed by atoms with Crippen LogP contribution < -0.4 is 0 Å². The highest BCUT2D eigenvalue weighted by Crippen LogP contribution is 2.16. The van der Waals surface area contributed by atoms with Crippen LogP contribution in [0.4, 0.5) is 0 Å². The van der Waals surface area contributed by atoms with Gasteiger partial charge in [-0.2, -0.15) is 0 Å². The maximum Gasteiger partial charge on any atom is 0.338 e. The SMILES string of the molecule is CCOC(=O)c1ccc(C(=O)c2cccc(CC(OCCCCCBr)C(=O)OCC)c2)cc1. The van der Waals surface area contributed by atoms with Crippen LogP contribution in [0.5, 0.6) is 0 Å². The number of alkyl halides is 1. The Balaban J connectivity index is 2.09. The van der Waals surface area contributed by atoms with Gasteiger partial charge in [-0.1, -0.05) is 52.7 Å². The second kappa shape index (κ2) is 14.6. The lowest BCUT2D eigenvalue weighted by molar-refractivity contribution is -0.156. The molecule has 0 saturated heterocycles. The molecule has 2 aromatic rings. The van der Waals surface area contributed by atoms with Gasteiger partial charge in [0.1, 0.15) is 0 Å². The van der Waals surface area contributed by atoms with Crippen molar-refractivity contribution in [3.8, 4) is 0 Å². The van der Waals surface area contributed by atoms with Crippen molar-refractivity contribution in [1.29, 1.82) is 0 Å². The molecule has 0 aliphatic rings. The van der Waals surface area contributed by atoms with Crippen molar-refractivity contribution in [2.75, 3.05) is 25.2 Å². The first kappa shape index (κ1) is 26.7. The van der Waals surface area contributed by atoms with E-state index in [9.17, 15) is 14.4 Å². The van der Waals surface area contributed by atoms with Crippen LogP contribution in [-0.2, 0) is 25.4 Å². The van der Waals surface area contributed by atoms with Crippen LogP contribution in [0, 0.1) is 0 Å². The number of hydrogen-bond donors (Lipinski definition) is 0. The maximum absolute atomic E-state index is 13.0. The van der Waals surface area contributed by atoms with Gasteiger partial charge in [-0.3, -0.25) is 4.79 Å². The molecule has 0 spiro atoms. The van der Waals surface area contributed by atoms with Gasteiger partial charge in [0.25, 0.3) is 0 Å². The lowest BCUT2D eigenvalue weighted by atomic mass is 9.98. The minimum absolute atomic E-state index is 0.171. The number of benzene rings is 2. The molecule has 0 bridgehead atoms. The van der Waals surface area contributed by atoms with Crippen molar-refractivity contribution in [3.05, 3.63) is 70.8 Å². The molecule has 33 heavy (non-hydrogen) atoms. The van der Waals surface area contributed by atoms with E-state index in [2.05, 4.69) is 15.9 Å². The molecule has 1 unspecified atom stereocenters. The fourth-order valence-corrected chi connectivity index (χ4v) is 3.63. The summed E-state index contributed by atoms with van der Waals surface area (Å²) in [4.78, 5) is 37.2. The molecule has 7 heteroatoms. The van der Waals surface area contributed by atoms with Gasteiger partial charge in [-0.05, 0) is 50.5 Å². The van der Waals surface area contributed by atoms with Crippen molar-refractivity contribution in [2.24, 2.45) is 0 Å². The van der Waals surface area contributed by atoms with Crippen LogP contribution in [0.1, 0.15) is 65.0 Å². The van der Waals surface area contributed by atoms with Crippen LogP contribution in [0.15, 0.2) is 48.5 Å². The second-order valence-corrected chi connectivity index (χ2v) is 8.19. The first-order valence-electron chi connectivity index (χ1n) is 11.2. The summed E-state index contributed by atoms with van der Waals surface area (Å²) in [6.45, 7) is 4.55. The maximum atomic E-state index is 13.0. The second-order valence-electron chi connectivity index (χ2n) is 7.39. The average Bonchev–Trinajstić information content (AvgIpc) is 2.83. The number of hydrogen-bond acceptors (Lipinski definition) is 6. The molecule has 178 valence electrons. The van der Waals surface area contributed by atoms with Gasteiger partial charge in [-0.15, -0.1) is 0 Å². The molecule has 0 aliphatic heterocycles. The summed E-state index contributed by atoms with van der Waals surface area (Å²) in [6.07, 6.45) is 2.53. The molecule has 0 N–H and O–H groups in total. The quantitative estimate of drug-likeness (QED) is 0.149. The van der Waals surface area contributed by atoms with Crippen molar-refractivity contribution < 1.29 is 28.6 Å². The normalized spacial score (nSPS) is 11.6. The zero-order valence-electron chi connectivity index (χ0n) is 19.2. The molecule has 2 rings (SSSR count). The van der Waals surface area contributed by atoms with E-state index in [0.717, 1.165) is 30.2 Å². The van der Waals surface area contributed by atoms with Crippen LogP contribution in [0.3, 0.4) is 0 Å². The number of unbranched alkanes of at least 4 members (excludes halogenated alkanes) is 2. The fourth-order valence-electron chi connectivity index (χ4n) is 3.24. The van der Waals surface area contributed by atoms with Crippen LogP contribution >= 0.6 is 15.9 Å². The Kier molecular flexibility index (Phi) is 11.8. The van der Waals surface area contributed by atoms with Gasteiger partial charge in [0, 0.05) is 29.5 Å². The summed E-state index contributed by atoms with van der Waals surface area (Å²) < 4.78 is 16.0. The first-order valence-corrected chi connectivity index (χ1v) is 12.4. The van der Waals surface area contributed by atoms with Gasteiger partial charge in [-0.25, -0.2) is 9.59 Å². The number of carbonyl (C=O) groups is 3. The highest BCUT2D eigenvalue weighted by molar-refractivity contribution is 9.09. The predicted octanol–water partition coefficient (Wildman–Crippen LogP) is 5.15. The molecule has 0 amide bonds. The highest BCUT2D eigenvalue weighted by Gasteiger charge is 2.22. The monoisotopic (exact) mass is 518 g/mol. The van der Waals surface area contributed by atoms with Crippen LogP contribution in [0.25, 0.3) is 0 Å². The van der Waals surface area contributed by atoms with Gasteiger partial charge in [0.05, 0.1) is 18.8 Å². The van der Waals surface area contributed by atoms with Gasteiger partial charge >= 0.3 is 11.9 Å². The summed E-state index contributed by atoms with van der Waals surface area (Å²) in [7, 11) is 0. The van der Waals surface area contributed by atoms with Gasteiger partial charge in [0.2, 0.25) is 0 Å². The van der Waals surface area contributed by atoms with Crippen molar-refractivity contribution in [2.45, 2.75) is 45.6 Å². The minimum Gasteiger partial charge on any atom is -0.464 e. The fraction of sp³-hybridized carbons (Fsp3) is 0.423. The molecular weight excluding hydrogens is 488 g/mol. The Labute approximate surface area is 203 Å². The van der Waals surface area contributed by atoms with Crippen LogP contribution in [0.2, 0.25) is 0 Å². The zero-order valence-corrected chi connectivity index (χ0v) is 20.8. The lowest BCUT2D eigenvalue weighted by Gasteiger charge is -2.17. The summed E-state index contributed by atoms with van der Waals surface area (Å²) in [6, 6.07) is 13.5. The van der Waals surface area contributed by atoms with E-state index < -0.39 is 18.0 Å². The van der Waals surface area contributed by atoms with E-state index in [4.69, 9.17) is 14.2 Å². The standard InChI is InChI=1S/C26H31BrO6/c1-3-31-25(29)21-13-11-20(12-14-21)24(28)22-10-8-9-19(17-22)18-23(26(30)32-4-2)33-16-7-5-6-15-27/h8-14,17,23H,3-7,15-16,18H2,1-2H3. The molecular formula is C26H31BrO6. The molecule has 0 heterocycles. The number of rotatable bonds is 14. The number of carbonyl (C=O) groups excluding carboxylic acids is 3. The van der Waals surface area contributed by atoms with Gasteiger partial charge in [0.15, 0.2) is 11.9 Å². The third kappa shape index (κ3) is 8.74. The van der Waals surface area contributed by atoms with Crippen molar-refractivity contribution in [3.63, 3.8) is 0 Å². The van der Waals surface area contributed by atoms with E-state index in [1.165, 1.54) is 0 Å². The van der Waals surface area contributed by atoms with E-state index in [0.29, 0.717) is 36.3 Å². The van der Waals surface area contributed by atoms with E-state index in [1.807, 2.05) is 6.07 Å². The third-order valence-corrected chi connectivity index (χ3v) is 5.48. The van der Waals surface area contributed by atoms with E-state index in [1.54, 1.807) is 56.3 Å². The van der Waals surface area contributed by atoms with E-state index >= 15 is 0 Å². The molecule has 1 atom stereocenters. The Hall–Kier alpha value is -2.51. The number of halogens is 1. The molecule has 0 saturated carbocycles. The topological polar surface area (TPSA) is 78.9 Å². The molecule has 0 aliphatic carbocycles. The smallest absolute Gasteiger partial charge is 0.338 e. The zero-order chi connectivity index (χ0) is 24.1. The van der Waals surface area contributed by atoms with Crippen molar-refractivity contribution >= 4 is 33.7 Å². The third-order valence-electron chi connectivity index (χ3n) is 4.91. The molecule has 0 aromatic heterocycles. The molecule has 0 fully saturated rings. The van der Waals surface area contributed by atoms with Gasteiger partial charge < -0.3 is 14.2 Å². The minimum atomic E-state index is -0.719. The first-order chi connectivity index (χ1) is 16.0. The Morgan fingerprint density at radius 3 is 2.21 bits per heavy atom. The lowest BCUT2D eigenvalue weighted by Crippen LogP contribution is -2.29. The summed E-state index contributed by atoms with van der Waals surface area (Å²) in [5.74, 6) is -0.990. The highest BCUT2D eigenvalue weighted by atomic mass is 79.9. The Morgan fingerprint density at radius 1 is 0.848 bits per heavy atom. The summed E-state index contributed by atoms with van der Waals surface area (Å²) in [5, 5.41) is 0.945. The number of esters is 2. The predicted molar refractivity (Wildman–Crippen MR) is 130 cm³/mol. The van der Waals surface area contributed by atoms with Crippen molar-refractivity contribution in [1.82, 2.24) is 0 Å². The Bertz CT molecular complexity index is 909. The molecule has 6 nitrogen and oxygen atoms in total. The Morgan fingerprint density at radius 2 is 1.55 bits per heavy atom. The average molecular weight is 519 g/mol. The number of ketones is 1. The molecule has 2 aromatic carbocycles. The van der Waals surface area contributed by atoms with Crippen LogP contribution in [-0.4, -0.2) is 49.0 Å². The summed E-state index contributed by atoms with van der Waals surface area (Å²) in [5.41, 5.74) is 2.16. The largest absolute Gasteiger partial charge is 0.464 e. The number of ether oxygens (including phenoxy) is 3.